The van der Waals surface area contributed by atoms with Gasteiger partial charge in [0.05, 0.1) is 13.2 Å². The first-order valence-corrected chi connectivity index (χ1v) is 12.6. The van der Waals surface area contributed by atoms with Gasteiger partial charge in [-0.15, -0.1) is 0 Å². The Morgan fingerprint density at radius 2 is 1.89 bits per heavy atom. The molecule has 1 atom stereocenters. The van der Waals surface area contributed by atoms with E-state index in [9.17, 15) is 9.90 Å². The van der Waals surface area contributed by atoms with Crippen LogP contribution in [0.1, 0.15) is 53.0 Å². The topological polar surface area (TPSA) is 87.7 Å². The van der Waals surface area contributed by atoms with E-state index < -0.39 is 6.04 Å². The highest BCUT2D eigenvalue weighted by Crippen LogP contribution is 2.46. The minimum absolute atomic E-state index is 0.0409. The molecule has 0 aliphatic carbocycles. The number of methoxy groups -OCH3 is 1. The molecule has 190 valence electrons. The molecule has 0 spiro atoms. The lowest BCUT2D eigenvalue weighted by atomic mass is 9.95. The normalized spacial score (nSPS) is 14.6. The number of rotatable bonds is 9. The number of nitrogens with zero attached hydrogens (tertiary/aromatic N) is 2. The number of nitrogens with one attached hydrogen (secondary N) is 1. The van der Waals surface area contributed by atoms with Crippen LogP contribution in [0.2, 0.25) is 5.02 Å². The number of hydrogen-bond acceptors (Lipinski definition) is 5. The van der Waals surface area contributed by atoms with E-state index in [2.05, 4.69) is 17.1 Å². The van der Waals surface area contributed by atoms with Crippen molar-refractivity contribution in [3.8, 4) is 28.5 Å². The molecule has 3 aromatic carbocycles. The molecule has 0 radical (unpaired) electrons. The van der Waals surface area contributed by atoms with Gasteiger partial charge in [-0.05, 0) is 47.9 Å². The summed E-state index contributed by atoms with van der Waals surface area (Å²) in [5.74, 6) is 1.09. The summed E-state index contributed by atoms with van der Waals surface area (Å²) in [6.07, 6.45) is 1.80. The second-order valence-electron chi connectivity index (χ2n) is 8.96. The third kappa shape index (κ3) is 4.74. The molecule has 1 aromatic heterocycles. The van der Waals surface area contributed by atoms with Crippen molar-refractivity contribution in [2.24, 2.45) is 0 Å². The molecule has 1 aliphatic heterocycles. The van der Waals surface area contributed by atoms with Gasteiger partial charge in [-0.1, -0.05) is 61.3 Å². The summed E-state index contributed by atoms with van der Waals surface area (Å²) in [5, 5.41) is 18.4. The van der Waals surface area contributed by atoms with Gasteiger partial charge in [0, 0.05) is 22.7 Å². The van der Waals surface area contributed by atoms with Gasteiger partial charge in [-0.2, -0.15) is 5.10 Å². The van der Waals surface area contributed by atoms with Gasteiger partial charge in [0.25, 0.3) is 5.91 Å². The number of benzene rings is 3. The van der Waals surface area contributed by atoms with E-state index in [-0.39, 0.29) is 11.7 Å². The Kier molecular flexibility index (Phi) is 7.06. The monoisotopic (exact) mass is 517 g/mol. The van der Waals surface area contributed by atoms with E-state index in [1.807, 2.05) is 53.4 Å². The van der Waals surface area contributed by atoms with Crippen LogP contribution in [0.4, 0.5) is 0 Å². The first kappa shape index (κ1) is 24.7. The molecule has 1 aliphatic rings. The average molecular weight is 518 g/mol. The number of fused-ring (bicyclic) bond motifs is 1. The maximum absolute atomic E-state index is 13.5. The van der Waals surface area contributed by atoms with Crippen molar-refractivity contribution in [2.75, 3.05) is 13.7 Å². The van der Waals surface area contributed by atoms with E-state index in [1.54, 1.807) is 19.2 Å². The summed E-state index contributed by atoms with van der Waals surface area (Å²) in [6.45, 7) is 3.08. The third-order valence-corrected chi connectivity index (χ3v) is 6.81. The number of hydrogen-bond donors (Lipinski definition) is 2. The molecule has 7 nitrogen and oxygen atoms in total. The van der Waals surface area contributed by atoms with Crippen molar-refractivity contribution in [1.29, 1.82) is 0 Å². The molecule has 2 heterocycles. The zero-order valence-corrected chi connectivity index (χ0v) is 21.5. The fourth-order valence-electron chi connectivity index (χ4n) is 4.71. The molecule has 4 aromatic rings. The Morgan fingerprint density at radius 3 is 2.65 bits per heavy atom. The third-order valence-electron chi connectivity index (χ3n) is 6.57. The van der Waals surface area contributed by atoms with Crippen molar-refractivity contribution in [1.82, 2.24) is 15.1 Å². The number of unbranched alkanes of at least 4 members (excludes halogenated alkanes) is 1. The molecule has 0 fully saturated rings. The SMILES string of the molecule is CCCCN1C(=O)c2[nH]nc(-c3cc(Cl)ccc3O)c2C1c1ccc(OCc2ccccc2)c(OC)c1. The standard InChI is InChI=1S/C29H28ClN3O4/c1-3-4-14-33-28(19-10-13-23(24(15-19)36-2)37-17-18-8-6-5-7-9-18)25-26(31-32-27(25)29(33)35)21-16-20(30)11-12-22(21)34/h5-13,15-16,28,34H,3-4,14,17H2,1-2H3,(H,31,32). The molecule has 0 saturated heterocycles. The lowest BCUT2D eigenvalue weighted by molar-refractivity contribution is 0.0741. The molecular formula is C29H28ClN3O4. The summed E-state index contributed by atoms with van der Waals surface area (Å²) >= 11 is 6.24. The molecule has 1 amide bonds. The fourth-order valence-corrected chi connectivity index (χ4v) is 4.89. The summed E-state index contributed by atoms with van der Waals surface area (Å²) in [7, 11) is 1.60. The van der Waals surface area contributed by atoms with E-state index in [0.29, 0.717) is 52.2 Å². The van der Waals surface area contributed by atoms with Gasteiger partial charge in [0.2, 0.25) is 0 Å². The van der Waals surface area contributed by atoms with Crippen LogP contribution >= 0.6 is 11.6 Å². The van der Waals surface area contributed by atoms with E-state index in [4.69, 9.17) is 21.1 Å². The lowest BCUT2D eigenvalue weighted by Gasteiger charge is -2.27. The van der Waals surface area contributed by atoms with Crippen LogP contribution in [-0.4, -0.2) is 39.8 Å². The summed E-state index contributed by atoms with van der Waals surface area (Å²) in [4.78, 5) is 15.3. The minimum Gasteiger partial charge on any atom is -0.507 e. The average Bonchev–Trinajstić information content (AvgIpc) is 3.46. The van der Waals surface area contributed by atoms with Crippen molar-refractivity contribution in [3.63, 3.8) is 0 Å². The minimum atomic E-state index is -0.418. The Morgan fingerprint density at radius 1 is 1.08 bits per heavy atom. The molecule has 0 bridgehead atoms. The molecule has 8 heteroatoms. The largest absolute Gasteiger partial charge is 0.507 e. The van der Waals surface area contributed by atoms with Crippen molar-refractivity contribution in [3.05, 3.63) is 94.1 Å². The van der Waals surface area contributed by atoms with E-state index in [0.717, 1.165) is 24.0 Å². The number of carbonyl (C=O) groups excluding carboxylic acids is 1. The highest BCUT2D eigenvalue weighted by molar-refractivity contribution is 6.31. The summed E-state index contributed by atoms with van der Waals surface area (Å²) < 4.78 is 11.7. The smallest absolute Gasteiger partial charge is 0.273 e. The molecule has 2 N–H and O–H groups in total. The molecule has 0 saturated carbocycles. The number of amides is 1. The number of aromatic amines is 1. The van der Waals surface area contributed by atoms with Crippen LogP contribution in [0.5, 0.6) is 17.2 Å². The van der Waals surface area contributed by atoms with Crippen LogP contribution in [0.3, 0.4) is 0 Å². The Bertz CT molecular complexity index is 1420. The number of H-pyrrole nitrogens is 1. The second kappa shape index (κ2) is 10.6. The molecule has 37 heavy (non-hydrogen) atoms. The number of aromatic nitrogens is 2. The number of carbonyl (C=O) groups is 1. The first-order chi connectivity index (χ1) is 18.0. The van der Waals surface area contributed by atoms with Crippen molar-refractivity contribution < 1.29 is 19.4 Å². The van der Waals surface area contributed by atoms with Gasteiger partial charge >= 0.3 is 0 Å². The van der Waals surface area contributed by atoms with Gasteiger partial charge in [-0.3, -0.25) is 9.89 Å². The predicted octanol–water partition coefficient (Wildman–Crippen LogP) is 6.37. The van der Waals surface area contributed by atoms with Crippen molar-refractivity contribution >= 4 is 17.5 Å². The second-order valence-corrected chi connectivity index (χ2v) is 9.40. The van der Waals surface area contributed by atoms with Crippen LogP contribution in [0.15, 0.2) is 66.7 Å². The predicted molar refractivity (Wildman–Crippen MR) is 142 cm³/mol. The quantitative estimate of drug-likeness (QED) is 0.269. The Hall–Kier alpha value is -3.97. The number of phenols is 1. The highest BCUT2D eigenvalue weighted by atomic mass is 35.5. The Balaban J connectivity index is 1.56. The number of ether oxygens (including phenoxy) is 2. The zero-order chi connectivity index (χ0) is 25.9. The first-order valence-electron chi connectivity index (χ1n) is 12.2. The van der Waals surface area contributed by atoms with E-state index in [1.165, 1.54) is 6.07 Å². The number of aromatic hydroxyl groups is 1. The Labute approximate surface area is 220 Å². The summed E-state index contributed by atoms with van der Waals surface area (Å²) in [6, 6.07) is 20.0. The molecule has 1 unspecified atom stereocenters. The highest BCUT2D eigenvalue weighted by Gasteiger charge is 2.42. The van der Waals surface area contributed by atoms with Gasteiger partial charge in [0.1, 0.15) is 23.7 Å². The van der Waals surface area contributed by atoms with Gasteiger partial charge in [0.15, 0.2) is 11.5 Å². The maximum Gasteiger partial charge on any atom is 0.273 e. The van der Waals surface area contributed by atoms with Crippen LogP contribution in [-0.2, 0) is 6.61 Å². The lowest BCUT2D eigenvalue weighted by Crippen LogP contribution is -2.30. The van der Waals surface area contributed by atoms with Crippen LogP contribution in [0.25, 0.3) is 11.3 Å². The number of phenolic OH excluding ortho intramolecular Hbond substituents is 1. The van der Waals surface area contributed by atoms with Gasteiger partial charge in [-0.25, -0.2) is 0 Å². The fraction of sp³-hybridized carbons (Fsp3) is 0.241. The van der Waals surface area contributed by atoms with E-state index >= 15 is 0 Å². The number of halogens is 1. The van der Waals surface area contributed by atoms with Crippen LogP contribution < -0.4 is 9.47 Å². The zero-order valence-electron chi connectivity index (χ0n) is 20.7. The van der Waals surface area contributed by atoms with Crippen LogP contribution in [0, 0.1) is 0 Å². The summed E-state index contributed by atoms with van der Waals surface area (Å²) in [5.41, 5.74) is 3.99. The maximum atomic E-state index is 13.5. The van der Waals surface area contributed by atoms with Crippen molar-refractivity contribution in [2.45, 2.75) is 32.4 Å². The van der Waals surface area contributed by atoms with Gasteiger partial charge < -0.3 is 19.5 Å². The molecular weight excluding hydrogens is 490 g/mol. The molecule has 5 rings (SSSR count).